The number of hydrogen-bond donors (Lipinski definition) is 2. The van der Waals surface area contributed by atoms with Crippen LogP contribution in [0.1, 0.15) is 58.8 Å². The van der Waals surface area contributed by atoms with E-state index in [9.17, 15) is 32.7 Å². The summed E-state index contributed by atoms with van der Waals surface area (Å²) in [7, 11) is 0. The van der Waals surface area contributed by atoms with Crippen LogP contribution in [0.4, 0.5) is 13.2 Å². The van der Waals surface area contributed by atoms with Gasteiger partial charge in [-0.2, -0.15) is 0 Å². The Hall–Kier alpha value is -3.61. The summed E-state index contributed by atoms with van der Waals surface area (Å²) in [6.45, 7) is 0.581. The Morgan fingerprint density at radius 2 is 2.14 bits per heavy atom. The van der Waals surface area contributed by atoms with Gasteiger partial charge in [0.2, 0.25) is 5.43 Å². The minimum Gasteiger partial charge on any atom is -0.503 e. The first-order valence-corrected chi connectivity index (χ1v) is 11.8. The van der Waals surface area contributed by atoms with Gasteiger partial charge < -0.3 is 24.7 Å². The van der Waals surface area contributed by atoms with Crippen LogP contribution in [0.25, 0.3) is 0 Å². The number of nitrogens with zero attached hydrogens (tertiary/aromatic N) is 4. The molecule has 1 spiro atoms. The highest BCUT2D eigenvalue weighted by Crippen LogP contribution is 2.46. The maximum atomic E-state index is 14.2. The lowest BCUT2D eigenvalue weighted by molar-refractivity contribution is -0.0655. The number of rotatable bonds is 4. The fraction of sp³-hybridized carbons (Fsp3) is 0.435. The van der Waals surface area contributed by atoms with Crippen LogP contribution in [-0.2, 0) is 11.4 Å². The fourth-order valence-corrected chi connectivity index (χ4v) is 5.28. The van der Waals surface area contributed by atoms with Gasteiger partial charge in [-0.3, -0.25) is 19.4 Å². The highest BCUT2D eigenvalue weighted by atomic mass is 35.5. The number of amides is 2. The molecule has 0 aromatic carbocycles. The van der Waals surface area contributed by atoms with Crippen LogP contribution in [0.2, 0.25) is 5.02 Å². The normalized spacial score (nSPS) is 24.4. The Bertz CT molecular complexity index is 1420. The first-order valence-electron chi connectivity index (χ1n) is 11.4. The lowest BCUT2D eigenvalue weighted by Crippen LogP contribution is -2.52. The zero-order chi connectivity index (χ0) is 26.6. The van der Waals surface area contributed by atoms with Gasteiger partial charge in [-0.25, -0.2) is 13.2 Å². The maximum Gasteiger partial charge on any atom is 0.274 e. The molecule has 37 heavy (non-hydrogen) atoms. The summed E-state index contributed by atoms with van der Waals surface area (Å²) in [5.74, 6) is -4.79. The topological polar surface area (TPSA) is 126 Å². The van der Waals surface area contributed by atoms with Crippen molar-refractivity contribution in [3.63, 3.8) is 0 Å². The molecule has 2 N–H and O–H groups in total. The quantitative estimate of drug-likeness (QED) is 0.615. The van der Waals surface area contributed by atoms with E-state index in [1.807, 2.05) is 6.92 Å². The Morgan fingerprint density at radius 3 is 2.84 bits per heavy atom. The molecule has 0 aliphatic carbocycles. The molecule has 14 heteroatoms. The molecule has 0 unspecified atom stereocenters. The molecule has 3 atom stereocenters. The van der Waals surface area contributed by atoms with Crippen LogP contribution in [0.5, 0.6) is 5.75 Å². The second kappa shape index (κ2) is 9.05. The number of fused-ring (bicyclic) bond motifs is 5. The molecular weight excluding hydrogens is 519 g/mol. The summed E-state index contributed by atoms with van der Waals surface area (Å²) in [6, 6.07) is -0.963. The molecule has 3 aliphatic rings. The summed E-state index contributed by atoms with van der Waals surface area (Å²) in [6.07, 6.45) is 2.85. The number of aromatic hydroxyl groups is 1. The molecule has 2 bridgehead atoms. The van der Waals surface area contributed by atoms with Crippen LogP contribution in [-0.4, -0.2) is 61.9 Å². The zero-order valence-corrected chi connectivity index (χ0v) is 20.2. The molecule has 0 saturated carbocycles. The van der Waals surface area contributed by atoms with E-state index in [0.29, 0.717) is 19.0 Å². The summed E-state index contributed by atoms with van der Waals surface area (Å²) >= 11 is 5.54. The second-order valence-corrected chi connectivity index (χ2v) is 9.70. The highest BCUT2D eigenvalue weighted by molar-refractivity contribution is 6.30. The first-order chi connectivity index (χ1) is 17.6. The summed E-state index contributed by atoms with van der Waals surface area (Å²) in [4.78, 5) is 49.9. The van der Waals surface area contributed by atoms with E-state index < -0.39 is 70.1 Å². The van der Waals surface area contributed by atoms with Gasteiger partial charge in [-0.15, -0.1) is 0 Å². The van der Waals surface area contributed by atoms with Gasteiger partial charge in [-0.05, 0) is 19.8 Å². The van der Waals surface area contributed by atoms with Crippen LogP contribution in [0, 0.1) is 11.6 Å². The average Bonchev–Trinajstić information content (AvgIpc) is 3.26. The molecular formula is C23H21ClF3N5O5. The molecule has 5 rings (SSSR count). The first kappa shape index (κ1) is 25.1. The second-order valence-electron chi connectivity index (χ2n) is 9.32. The SMILES string of the molecule is C[C@H]1CC[C@]2(CC(CF)=NO2)[C@H]2CN1C(=O)c1c(O)c(=O)c(C(=O)NCc3ncc(F)c(Cl)c3F)cn12. The van der Waals surface area contributed by atoms with Crippen molar-refractivity contribution in [1.82, 2.24) is 19.8 Å². The highest BCUT2D eigenvalue weighted by Gasteiger charge is 2.54. The van der Waals surface area contributed by atoms with E-state index in [1.165, 1.54) is 9.47 Å². The average molecular weight is 540 g/mol. The third kappa shape index (κ3) is 3.92. The van der Waals surface area contributed by atoms with E-state index in [0.717, 1.165) is 6.20 Å². The summed E-state index contributed by atoms with van der Waals surface area (Å²) in [5, 5.41) is 16.1. The number of nitrogens with one attached hydrogen (secondary N) is 1. The van der Waals surface area contributed by atoms with Gasteiger partial charge in [0.25, 0.3) is 11.8 Å². The van der Waals surface area contributed by atoms with Crippen molar-refractivity contribution < 1.29 is 32.7 Å². The van der Waals surface area contributed by atoms with Crippen molar-refractivity contribution in [2.75, 3.05) is 13.2 Å². The van der Waals surface area contributed by atoms with Gasteiger partial charge in [0.05, 0.1) is 30.2 Å². The molecule has 1 saturated heterocycles. The lowest BCUT2D eigenvalue weighted by Gasteiger charge is -2.41. The molecule has 5 heterocycles. The number of alkyl halides is 1. The maximum absolute atomic E-state index is 14.2. The monoisotopic (exact) mass is 539 g/mol. The van der Waals surface area contributed by atoms with Gasteiger partial charge >= 0.3 is 0 Å². The largest absolute Gasteiger partial charge is 0.503 e. The number of carbonyl (C=O) groups is 2. The van der Waals surface area contributed by atoms with E-state index in [1.54, 1.807) is 0 Å². The predicted molar refractivity (Wildman–Crippen MR) is 123 cm³/mol. The van der Waals surface area contributed by atoms with E-state index in [-0.39, 0.29) is 36.1 Å². The van der Waals surface area contributed by atoms with Crippen LogP contribution in [0.3, 0.4) is 0 Å². The number of pyridine rings is 2. The Balaban J connectivity index is 1.54. The van der Waals surface area contributed by atoms with E-state index in [2.05, 4.69) is 15.5 Å². The molecule has 2 amide bonds. The minimum absolute atomic E-state index is 0.120. The lowest BCUT2D eigenvalue weighted by atomic mass is 9.84. The minimum atomic E-state index is -1.17. The Morgan fingerprint density at radius 1 is 1.38 bits per heavy atom. The van der Waals surface area contributed by atoms with E-state index in [4.69, 9.17) is 16.4 Å². The molecule has 0 radical (unpaired) electrons. The van der Waals surface area contributed by atoms with Crippen LogP contribution >= 0.6 is 11.6 Å². The number of oxime groups is 1. The summed E-state index contributed by atoms with van der Waals surface area (Å²) < 4.78 is 42.3. The Kier molecular flexibility index (Phi) is 6.13. The zero-order valence-electron chi connectivity index (χ0n) is 19.4. The number of aromatic nitrogens is 2. The number of carbonyl (C=O) groups excluding carboxylic acids is 2. The predicted octanol–water partition coefficient (Wildman–Crippen LogP) is 2.47. The molecule has 1 fully saturated rings. The Labute approximate surface area is 212 Å². The van der Waals surface area contributed by atoms with Crippen LogP contribution in [0.15, 0.2) is 22.3 Å². The molecule has 3 aliphatic heterocycles. The number of halogens is 4. The third-order valence-corrected chi connectivity index (χ3v) is 7.51. The standard InChI is InChI=1S/C23H21ClF3N5O5/c1-10-2-3-23(4-11(5-25)30-37-23)15-9-31(10)22(36)18-20(34)19(33)12(8-32(15)18)21(35)29-7-14-17(27)16(24)13(26)6-28-14/h6,8,10,15,34H,2-5,7,9H2,1H3,(H,29,35)/t10-,15+,23-/m0/s1. The molecule has 196 valence electrons. The van der Waals surface area contributed by atoms with Crippen molar-refractivity contribution in [1.29, 1.82) is 0 Å². The van der Waals surface area contributed by atoms with Gasteiger partial charge in [0, 0.05) is 25.2 Å². The van der Waals surface area contributed by atoms with Crippen molar-refractivity contribution in [3.05, 3.63) is 56.2 Å². The van der Waals surface area contributed by atoms with Crippen molar-refractivity contribution in [3.8, 4) is 5.75 Å². The third-order valence-electron chi connectivity index (χ3n) is 7.17. The van der Waals surface area contributed by atoms with Crippen molar-refractivity contribution in [2.24, 2.45) is 5.16 Å². The van der Waals surface area contributed by atoms with Gasteiger partial charge in [0.1, 0.15) is 17.3 Å². The van der Waals surface area contributed by atoms with Gasteiger partial charge in [0.15, 0.2) is 28.7 Å². The van der Waals surface area contributed by atoms with Crippen molar-refractivity contribution in [2.45, 2.75) is 50.4 Å². The smallest absolute Gasteiger partial charge is 0.274 e. The van der Waals surface area contributed by atoms with Crippen molar-refractivity contribution >= 4 is 29.1 Å². The molecule has 2 aromatic rings. The van der Waals surface area contributed by atoms with Gasteiger partial charge in [-0.1, -0.05) is 16.8 Å². The molecule has 10 nitrogen and oxygen atoms in total. The van der Waals surface area contributed by atoms with Crippen LogP contribution < -0.4 is 10.7 Å². The van der Waals surface area contributed by atoms with E-state index >= 15 is 0 Å². The molecule has 2 aromatic heterocycles. The number of hydrogen-bond acceptors (Lipinski definition) is 7. The fourth-order valence-electron chi connectivity index (χ4n) is 5.12. The summed E-state index contributed by atoms with van der Waals surface area (Å²) in [5.41, 5.74) is -3.21.